The van der Waals surface area contributed by atoms with Gasteiger partial charge in [0.2, 0.25) is 0 Å². The third-order valence-electron chi connectivity index (χ3n) is 4.48. The molecule has 0 bridgehead atoms. The molecule has 3 aromatic carbocycles. The summed E-state index contributed by atoms with van der Waals surface area (Å²) < 4.78 is 7.93. The number of aromatic nitrogens is 1. The molecule has 1 amide bonds. The molecule has 0 radical (unpaired) electrons. The molecule has 0 atom stereocenters. The number of para-hydroxylation sites is 1. The molecule has 7 heteroatoms. The summed E-state index contributed by atoms with van der Waals surface area (Å²) in [7, 11) is 0. The Morgan fingerprint density at radius 3 is 2.57 bits per heavy atom. The average molecular weight is 502 g/mol. The second kappa shape index (κ2) is 8.38. The van der Waals surface area contributed by atoms with Crippen molar-refractivity contribution in [1.29, 1.82) is 0 Å². The summed E-state index contributed by atoms with van der Waals surface area (Å²) in [5, 5.41) is 4.32. The van der Waals surface area contributed by atoms with Gasteiger partial charge in [0, 0.05) is 15.7 Å². The molecule has 4 aromatic rings. The van der Waals surface area contributed by atoms with E-state index >= 15 is 0 Å². The number of thiazole rings is 1. The van der Waals surface area contributed by atoms with Crippen LogP contribution in [0.25, 0.3) is 20.8 Å². The zero-order valence-corrected chi connectivity index (χ0v) is 19.4. The van der Waals surface area contributed by atoms with E-state index in [1.54, 1.807) is 37.3 Å². The van der Waals surface area contributed by atoms with Crippen LogP contribution in [0.4, 0.5) is 5.69 Å². The van der Waals surface area contributed by atoms with Crippen molar-refractivity contribution in [3.05, 3.63) is 76.2 Å². The van der Waals surface area contributed by atoms with Crippen LogP contribution < -0.4 is 10.1 Å². The van der Waals surface area contributed by atoms with Crippen molar-refractivity contribution in [2.75, 3.05) is 5.32 Å². The van der Waals surface area contributed by atoms with E-state index < -0.39 is 5.60 Å². The van der Waals surface area contributed by atoms with Crippen molar-refractivity contribution in [1.82, 2.24) is 4.98 Å². The van der Waals surface area contributed by atoms with E-state index in [0.29, 0.717) is 16.5 Å². The van der Waals surface area contributed by atoms with E-state index in [-0.39, 0.29) is 5.91 Å². The maximum atomic E-state index is 12.9. The van der Waals surface area contributed by atoms with Crippen LogP contribution in [0.15, 0.2) is 71.2 Å². The summed E-state index contributed by atoms with van der Waals surface area (Å²) in [5.41, 5.74) is 1.27. The van der Waals surface area contributed by atoms with Gasteiger partial charge in [-0.3, -0.25) is 4.79 Å². The summed E-state index contributed by atoms with van der Waals surface area (Å²) in [6, 6.07) is 20.7. The minimum atomic E-state index is -1.07. The number of benzene rings is 3. The van der Waals surface area contributed by atoms with Crippen LogP contribution in [0, 0.1) is 0 Å². The number of ether oxygens (including phenoxy) is 1. The normalized spacial score (nSPS) is 11.5. The van der Waals surface area contributed by atoms with Gasteiger partial charge in [-0.1, -0.05) is 39.7 Å². The number of nitrogens with zero attached hydrogens (tertiary/aromatic N) is 1. The van der Waals surface area contributed by atoms with Gasteiger partial charge in [-0.05, 0) is 68.4 Å². The first-order valence-electron chi connectivity index (χ1n) is 9.23. The Balaban J connectivity index is 1.56. The Bertz CT molecular complexity index is 1190. The van der Waals surface area contributed by atoms with E-state index in [0.717, 1.165) is 25.3 Å². The quantitative estimate of drug-likeness (QED) is 0.315. The zero-order valence-electron chi connectivity index (χ0n) is 16.3. The number of nitrogens with one attached hydrogen (secondary N) is 1. The third-order valence-corrected chi connectivity index (χ3v) is 6.41. The van der Waals surface area contributed by atoms with Crippen LogP contribution in [-0.4, -0.2) is 16.5 Å². The lowest BCUT2D eigenvalue weighted by Crippen LogP contribution is -2.42. The molecule has 0 saturated heterocycles. The molecule has 0 aliphatic rings. The van der Waals surface area contributed by atoms with Gasteiger partial charge in [0.05, 0.1) is 15.2 Å². The number of rotatable bonds is 5. The smallest absolute Gasteiger partial charge is 0.267 e. The molecule has 4 nitrogen and oxygen atoms in total. The Hall–Kier alpha value is -2.41. The molecule has 152 valence electrons. The van der Waals surface area contributed by atoms with E-state index in [9.17, 15) is 4.79 Å². The maximum absolute atomic E-state index is 12.9. The number of amides is 1. The number of carbonyl (C=O) groups is 1. The van der Waals surface area contributed by atoms with Gasteiger partial charge < -0.3 is 10.1 Å². The Morgan fingerprint density at radius 1 is 1.10 bits per heavy atom. The molecule has 0 unspecified atom stereocenters. The first kappa shape index (κ1) is 20.8. The Morgan fingerprint density at radius 2 is 1.83 bits per heavy atom. The topological polar surface area (TPSA) is 51.2 Å². The molecule has 0 saturated carbocycles. The molecule has 1 N–H and O–H groups in total. The first-order valence-corrected chi connectivity index (χ1v) is 11.2. The fraction of sp³-hybridized carbons (Fsp3) is 0.130. The van der Waals surface area contributed by atoms with E-state index in [2.05, 4.69) is 26.2 Å². The van der Waals surface area contributed by atoms with Crippen molar-refractivity contribution in [3.63, 3.8) is 0 Å². The van der Waals surface area contributed by atoms with Crippen molar-refractivity contribution in [2.45, 2.75) is 19.4 Å². The van der Waals surface area contributed by atoms with Gasteiger partial charge in [-0.25, -0.2) is 4.98 Å². The van der Waals surface area contributed by atoms with Gasteiger partial charge in [-0.15, -0.1) is 11.3 Å². The van der Waals surface area contributed by atoms with Crippen LogP contribution in [0.1, 0.15) is 13.8 Å². The molecule has 0 aliphatic heterocycles. The largest absolute Gasteiger partial charge is 0.478 e. The van der Waals surface area contributed by atoms with Crippen molar-refractivity contribution >= 4 is 60.7 Å². The van der Waals surface area contributed by atoms with Gasteiger partial charge >= 0.3 is 0 Å². The summed E-state index contributed by atoms with van der Waals surface area (Å²) in [4.78, 5) is 17.6. The molecule has 1 heterocycles. The van der Waals surface area contributed by atoms with Crippen LogP contribution in [0.5, 0.6) is 5.75 Å². The minimum Gasteiger partial charge on any atom is -0.478 e. The highest BCUT2D eigenvalue weighted by Gasteiger charge is 2.30. The van der Waals surface area contributed by atoms with Gasteiger partial charge in [0.15, 0.2) is 5.60 Å². The molecule has 0 aliphatic carbocycles. The Labute approximate surface area is 192 Å². The van der Waals surface area contributed by atoms with E-state index in [1.165, 1.54) is 0 Å². The van der Waals surface area contributed by atoms with Crippen molar-refractivity contribution in [3.8, 4) is 16.3 Å². The van der Waals surface area contributed by atoms with Gasteiger partial charge in [0.25, 0.3) is 5.91 Å². The fourth-order valence-corrected chi connectivity index (χ4v) is 4.40. The average Bonchev–Trinajstić information content (AvgIpc) is 3.15. The SMILES string of the molecule is CC(C)(Oc1ccc(Br)cc1)C(=O)Nc1ccc(Cl)c(-c2nc3ccccc3s2)c1. The second-order valence-electron chi connectivity index (χ2n) is 7.20. The van der Waals surface area contributed by atoms with Crippen molar-refractivity contribution in [2.24, 2.45) is 0 Å². The fourth-order valence-electron chi connectivity index (χ4n) is 2.88. The molecule has 0 fully saturated rings. The number of hydrogen-bond donors (Lipinski definition) is 1. The second-order valence-corrected chi connectivity index (χ2v) is 9.56. The van der Waals surface area contributed by atoms with Crippen LogP contribution in [0.3, 0.4) is 0 Å². The van der Waals surface area contributed by atoms with E-state index in [4.69, 9.17) is 16.3 Å². The predicted molar refractivity (Wildman–Crippen MR) is 128 cm³/mol. The molecule has 30 heavy (non-hydrogen) atoms. The highest BCUT2D eigenvalue weighted by atomic mass is 79.9. The van der Waals surface area contributed by atoms with Crippen LogP contribution in [0.2, 0.25) is 5.02 Å². The molecule has 4 rings (SSSR count). The molecular weight excluding hydrogens is 484 g/mol. The molecular formula is C23H18BrClN2O2S. The summed E-state index contributed by atoms with van der Waals surface area (Å²) in [6.45, 7) is 3.46. The number of carbonyl (C=O) groups excluding carboxylic acids is 1. The summed E-state index contributed by atoms with van der Waals surface area (Å²) in [5.74, 6) is 0.354. The standard InChI is InChI=1S/C23H18BrClN2O2S/c1-23(2,29-16-10-7-14(24)8-11-16)22(28)26-15-9-12-18(25)17(13-15)21-27-19-5-3-4-6-20(19)30-21/h3-13H,1-2H3,(H,26,28). The Kier molecular flexibility index (Phi) is 5.82. The summed E-state index contributed by atoms with van der Waals surface area (Å²) in [6.07, 6.45) is 0. The lowest BCUT2D eigenvalue weighted by molar-refractivity contribution is -0.128. The van der Waals surface area contributed by atoms with Crippen LogP contribution in [-0.2, 0) is 4.79 Å². The van der Waals surface area contributed by atoms with Gasteiger partial charge in [0.1, 0.15) is 10.8 Å². The monoisotopic (exact) mass is 500 g/mol. The lowest BCUT2D eigenvalue weighted by atomic mass is 10.1. The number of anilines is 1. The highest BCUT2D eigenvalue weighted by molar-refractivity contribution is 9.10. The summed E-state index contributed by atoms with van der Waals surface area (Å²) >= 11 is 11.4. The van der Waals surface area contributed by atoms with Crippen LogP contribution >= 0.6 is 38.9 Å². The first-order chi connectivity index (χ1) is 14.3. The van der Waals surface area contributed by atoms with Crippen molar-refractivity contribution < 1.29 is 9.53 Å². The van der Waals surface area contributed by atoms with Gasteiger partial charge in [-0.2, -0.15) is 0 Å². The molecule has 0 spiro atoms. The number of halogens is 2. The molecule has 1 aromatic heterocycles. The minimum absolute atomic E-state index is 0.261. The lowest BCUT2D eigenvalue weighted by Gasteiger charge is -2.25. The highest BCUT2D eigenvalue weighted by Crippen LogP contribution is 2.36. The maximum Gasteiger partial charge on any atom is 0.267 e. The number of fused-ring (bicyclic) bond motifs is 1. The predicted octanol–water partition coefficient (Wildman–Crippen LogP) is 7.18. The van der Waals surface area contributed by atoms with E-state index in [1.807, 2.05) is 54.6 Å². The number of hydrogen-bond acceptors (Lipinski definition) is 4. The third kappa shape index (κ3) is 4.51. The zero-order chi connectivity index (χ0) is 21.3.